The first-order chi connectivity index (χ1) is 13.8. The molecule has 1 heterocycles. The van der Waals surface area contributed by atoms with Gasteiger partial charge in [-0.3, -0.25) is 14.4 Å². The molecule has 0 spiro atoms. The van der Waals surface area contributed by atoms with Crippen LogP contribution in [-0.4, -0.2) is 28.7 Å². The van der Waals surface area contributed by atoms with Crippen molar-refractivity contribution in [3.05, 3.63) is 83.3 Å². The summed E-state index contributed by atoms with van der Waals surface area (Å²) in [6.45, 7) is 8.93. The van der Waals surface area contributed by atoms with Gasteiger partial charge in [0, 0.05) is 29.4 Å². The van der Waals surface area contributed by atoms with Gasteiger partial charge in [-0.05, 0) is 65.3 Å². The monoisotopic (exact) mass is 456 g/mol. The fourth-order valence-electron chi connectivity index (χ4n) is 2.44. The van der Waals surface area contributed by atoms with E-state index in [0.29, 0.717) is 28.0 Å². The molecule has 0 bridgehead atoms. The average Bonchev–Trinajstić information content (AvgIpc) is 2.68. The number of hydrogen-bond donors (Lipinski definition) is 3. The SMILES string of the molecule is C=CC(=O)NC(=C)CC(C)NC(=O)c1ccc(NC(=O)c2cccc(Br)n2)cc1. The Balaban J connectivity index is 1.91. The molecule has 1 aromatic carbocycles. The summed E-state index contributed by atoms with van der Waals surface area (Å²) in [4.78, 5) is 39.9. The van der Waals surface area contributed by atoms with Crippen LogP contribution in [0.3, 0.4) is 0 Å². The van der Waals surface area contributed by atoms with Gasteiger partial charge in [-0.2, -0.15) is 0 Å². The number of aromatic nitrogens is 1. The predicted molar refractivity (Wildman–Crippen MR) is 115 cm³/mol. The largest absolute Gasteiger partial charge is 0.349 e. The van der Waals surface area contributed by atoms with Crippen molar-refractivity contribution in [1.82, 2.24) is 15.6 Å². The van der Waals surface area contributed by atoms with Crippen molar-refractivity contribution < 1.29 is 14.4 Å². The van der Waals surface area contributed by atoms with E-state index in [1.54, 1.807) is 42.5 Å². The Hall–Kier alpha value is -3.26. The number of nitrogens with zero attached hydrogens (tertiary/aromatic N) is 1. The Labute approximate surface area is 177 Å². The third kappa shape index (κ3) is 7.00. The van der Waals surface area contributed by atoms with Crippen LogP contribution in [-0.2, 0) is 4.79 Å². The van der Waals surface area contributed by atoms with Crippen LogP contribution in [0.15, 0.2) is 72.0 Å². The summed E-state index contributed by atoms with van der Waals surface area (Å²) in [6, 6.07) is 11.3. The van der Waals surface area contributed by atoms with Crippen LogP contribution in [0.1, 0.15) is 34.2 Å². The standard InChI is InChI=1S/C21H21BrN4O3/c1-4-19(27)23-13(2)12-14(3)24-20(28)15-8-10-16(11-9-15)25-21(29)17-6-5-7-18(22)26-17/h4-11,14H,1-2,12H2,3H3,(H,23,27)(H,24,28)(H,25,29). The number of hydrogen-bond acceptors (Lipinski definition) is 4. The van der Waals surface area contributed by atoms with Crippen molar-refractivity contribution in [2.24, 2.45) is 0 Å². The number of anilines is 1. The second-order valence-corrected chi connectivity index (χ2v) is 7.07. The minimum atomic E-state index is -0.350. The maximum Gasteiger partial charge on any atom is 0.274 e. The van der Waals surface area contributed by atoms with Gasteiger partial charge in [0.2, 0.25) is 5.91 Å². The number of carbonyl (C=O) groups is 3. The molecular formula is C21H21BrN4O3. The molecule has 1 atom stereocenters. The quantitative estimate of drug-likeness (QED) is 0.418. The molecule has 0 saturated carbocycles. The van der Waals surface area contributed by atoms with E-state index >= 15 is 0 Å². The minimum Gasteiger partial charge on any atom is -0.349 e. The molecule has 3 N–H and O–H groups in total. The number of halogens is 1. The molecule has 0 aliphatic rings. The Morgan fingerprint density at radius 3 is 2.45 bits per heavy atom. The van der Waals surface area contributed by atoms with E-state index < -0.39 is 0 Å². The number of pyridine rings is 1. The van der Waals surface area contributed by atoms with Crippen LogP contribution < -0.4 is 16.0 Å². The molecule has 0 aliphatic heterocycles. The zero-order valence-corrected chi connectivity index (χ0v) is 17.5. The highest BCUT2D eigenvalue weighted by molar-refractivity contribution is 9.10. The number of nitrogens with one attached hydrogen (secondary N) is 3. The highest BCUT2D eigenvalue weighted by Gasteiger charge is 2.13. The van der Waals surface area contributed by atoms with Crippen molar-refractivity contribution in [2.45, 2.75) is 19.4 Å². The van der Waals surface area contributed by atoms with Crippen molar-refractivity contribution in [1.29, 1.82) is 0 Å². The lowest BCUT2D eigenvalue weighted by molar-refractivity contribution is -0.115. The third-order valence-electron chi connectivity index (χ3n) is 3.77. The summed E-state index contributed by atoms with van der Waals surface area (Å²) in [5.41, 5.74) is 1.75. The molecule has 150 valence electrons. The van der Waals surface area contributed by atoms with Gasteiger partial charge in [0.1, 0.15) is 10.3 Å². The van der Waals surface area contributed by atoms with Crippen molar-refractivity contribution in [3.8, 4) is 0 Å². The molecule has 1 unspecified atom stereocenters. The summed E-state index contributed by atoms with van der Waals surface area (Å²) in [6.07, 6.45) is 1.54. The van der Waals surface area contributed by atoms with Crippen LogP contribution in [0.5, 0.6) is 0 Å². The fraction of sp³-hybridized carbons (Fsp3) is 0.143. The molecule has 29 heavy (non-hydrogen) atoms. The lowest BCUT2D eigenvalue weighted by Crippen LogP contribution is -2.34. The molecule has 7 nitrogen and oxygen atoms in total. The second kappa shape index (κ2) is 10.3. The molecule has 0 saturated heterocycles. The second-order valence-electron chi connectivity index (χ2n) is 6.25. The average molecular weight is 457 g/mol. The van der Waals surface area contributed by atoms with E-state index in [1.165, 1.54) is 0 Å². The number of benzene rings is 1. The molecule has 3 amide bonds. The molecule has 1 aromatic heterocycles. The first kappa shape index (κ1) is 22.0. The summed E-state index contributed by atoms with van der Waals surface area (Å²) in [5, 5.41) is 8.12. The van der Waals surface area contributed by atoms with Gasteiger partial charge in [-0.1, -0.05) is 19.2 Å². The zero-order chi connectivity index (χ0) is 21.4. The molecule has 0 aliphatic carbocycles. The van der Waals surface area contributed by atoms with Crippen molar-refractivity contribution in [2.75, 3.05) is 5.32 Å². The van der Waals surface area contributed by atoms with Gasteiger partial charge in [0.25, 0.3) is 11.8 Å². The van der Waals surface area contributed by atoms with E-state index in [-0.39, 0.29) is 29.5 Å². The van der Waals surface area contributed by atoms with Crippen LogP contribution >= 0.6 is 15.9 Å². The lowest BCUT2D eigenvalue weighted by atomic mass is 10.1. The molecule has 2 aromatic rings. The van der Waals surface area contributed by atoms with Crippen LogP contribution in [0.2, 0.25) is 0 Å². The fourth-order valence-corrected chi connectivity index (χ4v) is 2.78. The summed E-state index contributed by atoms with van der Waals surface area (Å²) in [7, 11) is 0. The van der Waals surface area contributed by atoms with E-state index in [0.717, 1.165) is 6.08 Å². The smallest absolute Gasteiger partial charge is 0.274 e. The molecular weight excluding hydrogens is 436 g/mol. The van der Waals surface area contributed by atoms with E-state index in [4.69, 9.17) is 0 Å². The highest BCUT2D eigenvalue weighted by Crippen LogP contribution is 2.13. The highest BCUT2D eigenvalue weighted by atomic mass is 79.9. The van der Waals surface area contributed by atoms with Gasteiger partial charge in [0.05, 0.1) is 0 Å². The molecule has 0 radical (unpaired) electrons. The lowest BCUT2D eigenvalue weighted by Gasteiger charge is -2.16. The van der Waals surface area contributed by atoms with Crippen LogP contribution in [0.25, 0.3) is 0 Å². The zero-order valence-electron chi connectivity index (χ0n) is 15.9. The van der Waals surface area contributed by atoms with Crippen molar-refractivity contribution in [3.63, 3.8) is 0 Å². The topological polar surface area (TPSA) is 100 Å². The Morgan fingerprint density at radius 1 is 1.14 bits per heavy atom. The van der Waals surface area contributed by atoms with Gasteiger partial charge < -0.3 is 16.0 Å². The maximum absolute atomic E-state index is 12.4. The molecule has 2 rings (SSSR count). The Kier molecular flexibility index (Phi) is 7.85. The van der Waals surface area contributed by atoms with Crippen LogP contribution in [0.4, 0.5) is 5.69 Å². The first-order valence-corrected chi connectivity index (χ1v) is 9.54. The van der Waals surface area contributed by atoms with Gasteiger partial charge in [0.15, 0.2) is 0 Å². The first-order valence-electron chi connectivity index (χ1n) is 8.74. The third-order valence-corrected chi connectivity index (χ3v) is 4.21. The van der Waals surface area contributed by atoms with Gasteiger partial charge in [-0.25, -0.2) is 4.98 Å². The van der Waals surface area contributed by atoms with Gasteiger partial charge in [-0.15, -0.1) is 0 Å². The summed E-state index contributed by atoms with van der Waals surface area (Å²) < 4.78 is 0.568. The van der Waals surface area contributed by atoms with E-state index in [2.05, 4.69) is 50.0 Å². The number of amides is 3. The summed E-state index contributed by atoms with van der Waals surface area (Å²) in [5.74, 6) is -0.965. The summed E-state index contributed by atoms with van der Waals surface area (Å²) >= 11 is 3.22. The van der Waals surface area contributed by atoms with E-state index in [1.807, 2.05) is 6.92 Å². The molecule has 8 heteroatoms. The van der Waals surface area contributed by atoms with Crippen molar-refractivity contribution >= 4 is 39.3 Å². The van der Waals surface area contributed by atoms with Gasteiger partial charge >= 0.3 is 0 Å². The van der Waals surface area contributed by atoms with Crippen LogP contribution in [0, 0.1) is 0 Å². The Bertz CT molecular complexity index is 941. The normalized spacial score (nSPS) is 11.1. The Morgan fingerprint density at radius 2 is 1.83 bits per heavy atom. The maximum atomic E-state index is 12.4. The number of carbonyl (C=O) groups excluding carboxylic acids is 3. The molecule has 0 fully saturated rings. The van der Waals surface area contributed by atoms with E-state index in [9.17, 15) is 14.4 Å². The number of rotatable bonds is 8. The predicted octanol–water partition coefficient (Wildman–Crippen LogP) is 3.42. The minimum absolute atomic E-state index is 0.234.